The first-order chi connectivity index (χ1) is 14.0. The van der Waals surface area contributed by atoms with Crippen LogP contribution in [0.1, 0.15) is 35.2 Å². The molecule has 0 radical (unpaired) electrons. The van der Waals surface area contributed by atoms with Crippen molar-refractivity contribution in [2.45, 2.75) is 31.7 Å². The molecule has 1 fully saturated rings. The van der Waals surface area contributed by atoms with E-state index in [-0.39, 0.29) is 16.3 Å². The van der Waals surface area contributed by atoms with Crippen LogP contribution in [0.2, 0.25) is 5.02 Å². The van der Waals surface area contributed by atoms with Crippen molar-refractivity contribution in [3.63, 3.8) is 0 Å². The number of halogens is 2. The molecule has 0 unspecified atom stereocenters. The van der Waals surface area contributed by atoms with Gasteiger partial charge in [0.2, 0.25) is 5.88 Å². The summed E-state index contributed by atoms with van der Waals surface area (Å²) in [6.07, 6.45) is 1.98. The van der Waals surface area contributed by atoms with Crippen LogP contribution in [0, 0.1) is 12.7 Å². The van der Waals surface area contributed by atoms with Crippen LogP contribution < -0.4 is 4.74 Å². The maximum absolute atomic E-state index is 13.8. The van der Waals surface area contributed by atoms with E-state index in [1.807, 2.05) is 31.2 Å². The molecule has 6 heteroatoms. The third-order valence-corrected chi connectivity index (χ3v) is 6.45. The molecule has 29 heavy (non-hydrogen) atoms. The number of ether oxygens (including phenoxy) is 1. The Kier molecular flexibility index (Phi) is 4.52. The van der Waals surface area contributed by atoms with Gasteiger partial charge in [0, 0.05) is 18.0 Å². The van der Waals surface area contributed by atoms with E-state index in [1.54, 1.807) is 6.07 Å². The largest absolute Gasteiger partial charge is 0.438 e. The Morgan fingerprint density at radius 1 is 1.03 bits per heavy atom. The van der Waals surface area contributed by atoms with Gasteiger partial charge in [0.05, 0.1) is 10.7 Å². The van der Waals surface area contributed by atoms with Gasteiger partial charge in [-0.3, -0.25) is 4.90 Å². The zero-order valence-electron chi connectivity index (χ0n) is 16.2. The van der Waals surface area contributed by atoms with Crippen molar-refractivity contribution in [2.24, 2.45) is 0 Å². The van der Waals surface area contributed by atoms with Gasteiger partial charge in [0.25, 0.3) is 0 Å². The van der Waals surface area contributed by atoms with Crippen LogP contribution >= 0.6 is 11.6 Å². The van der Waals surface area contributed by atoms with Gasteiger partial charge < -0.3 is 4.74 Å². The Bertz CT molecular complexity index is 1060. The molecule has 1 saturated heterocycles. The summed E-state index contributed by atoms with van der Waals surface area (Å²) in [5.41, 5.74) is 4.30. The fourth-order valence-corrected chi connectivity index (χ4v) is 4.81. The third-order valence-electron chi connectivity index (χ3n) is 6.16. The average molecular weight is 410 g/mol. The van der Waals surface area contributed by atoms with Crippen LogP contribution in [0.15, 0.2) is 48.5 Å². The number of piperidine rings is 1. The summed E-state index contributed by atoms with van der Waals surface area (Å²) < 4.78 is 19.7. The first-order valence-electron chi connectivity index (χ1n) is 9.83. The minimum Gasteiger partial charge on any atom is -0.438 e. The SMILES string of the molecule is Cc1ccc(Oc2ccc3c(c2)CN2CCC3(c3ccc(F)c(Cl)c3)CC2)nn1. The number of aromatic nitrogens is 2. The molecule has 148 valence electrons. The molecule has 4 nitrogen and oxygen atoms in total. The summed E-state index contributed by atoms with van der Waals surface area (Å²) in [6.45, 7) is 4.78. The van der Waals surface area contributed by atoms with Crippen molar-refractivity contribution in [3.05, 3.63) is 81.8 Å². The maximum atomic E-state index is 13.8. The maximum Gasteiger partial charge on any atom is 0.238 e. The van der Waals surface area contributed by atoms with Crippen molar-refractivity contribution < 1.29 is 9.13 Å². The predicted octanol–water partition coefficient (Wildman–Crippen LogP) is 5.27. The molecule has 0 saturated carbocycles. The third kappa shape index (κ3) is 3.28. The predicted molar refractivity (Wildman–Crippen MR) is 110 cm³/mol. The van der Waals surface area contributed by atoms with Crippen molar-refractivity contribution in [1.82, 2.24) is 15.1 Å². The van der Waals surface area contributed by atoms with Gasteiger partial charge in [0.1, 0.15) is 11.6 Å². The van der Waals surface area contributed by atoms with E-state index in [2.05, 4.69) is 27.2 Å². The van der Waals surface area contributed by atoms with Gasteiger partial charge >= 0.3 is 0 Å². The molecule has 4 heterocycles. The summed E-state index contributed by atoms with van der Waals surface area (Å²) in [5.74, 6) is 0.852. The summed E-state index contributed by atoms with van der Waals surface area (Å²) in [5, 5.41) is 8.33. The molecular formula is C23H21ClFN3O. The van der Waals surface area contributed by atoms with Crippen LogP contribution in [-0.4, -0.2) is 28.2 Å². The lowest BCUT2D eigenvalue weighted by Crippen LogP contribution is -2.39. The number of aryl methyl sites for hydroxylation is 1. The Morgan fingerprint density at radius 2 is 1.86 bits per heavy atom. The smallest absolute Gasteiger partial charge is 0.238 e. The van der Waals surface area contributed by atoms with Crippen LogP contribution in [0.5, 0.6) is 11.6 Å². The lowest BCUT2D eigenvalue weighted by Gasteiger charge is -2.39. The van der Waals surface area contributed by atoms with Gasteiger partial charge in [-0.1, -0.05) is 23.7 Å². The van der Waals surface area contributed by atoms with Gasteiger partial charge in [-0.2, -0.15) is 5.10 Å². The molecule has 0 atom stereocenters. The second kappa shape index (κ2) is 7.08. The second-order valence-electron chi connectivity index (χ2n) is 7.92. The van der Waals surface area contributed by atoms with E-state index in [0.29, 0.717) is 5.88 Å². The molecule has 0 N–H and O–H groups in total. The normalized spacial score (nSPS) is 22.8. The van der Waals surface area contributed by atoms with Gasteiger partial charge in [-0.15, -0.1) is 5.10 Å². The van der Waals surface area contributed by atoms with Crippen molar-refractivity contribution in [3.8, 4) is 11.6 Å². The molecule has 0 amide bonds. The lowest BCUT2D eigenvalue weighted by molar-refractivity contribution is 0.190. The highest BCUT2D eigenvalue weighted by Crippen LogP contribution is 2.47. The summed E-state index contributed by atoms with van der Waals surface area (Å²) in [4.78, 5) is 2.46. The van der Waals surface area contributed by atoms with Crippen molar-refractivity contribution in [1.29, 1.82) is 0 Å². The van der Waals surface area contributed by atoms with Crippen LogP contribution in [0.25, 0.3) is 0 Å². The molecule has 0 aliphatic carbocycles. The summed E-state index contributed by atoms with van der Waals surface area (Å²) in [7, 11) is 0. The molecule has 2 bridgehead atoms. The fraction of sp³-hybridized carbons (Fsp3) is 0.304. The quantitative estimate of drug-likeness (QED) is 0.591. The molecule has 2 aromatic carbocycles. The molecule has 3 aliphatic heterocycles. The standard InChI is InChI=1S/C23H21ClFN3O/c1-15-2-7-22(27-26-15)29-18-4-5-19-16(12-18)14-28-10-8-23(19,9-11-28)17-3-6-21(25)20(24)13-17/h2-7,12-13H,8-11,14H2,1H3. The zero-order chi connectivity index (χ0) is 20.0. The van der Waals surface area contributed by atoms with Crippen molar-refractivity contribution in [2.75, 3.05) is 13.1 Å². The number of hydrogen-bond acceptors (Lipinski definition) is 4. The van der Waals surface area contributed by atoms with Gasteiger partial charge in [-0.25, -0.2) is 4.39 Å². The summed E-state index contributed by atoms with van der Waals surface area (Å²) in [6, 6.07) is 15.1. The topological polar surface area (TPSA) is 38.2 Å². The Balaban J connectivity index is 1.56. The van der Waals surface area contributed by atoms with Crippen LogP contribution in [0.4, 0.5) is 4.39 Å². The molecule has 1 aromatic heterocycles. The van der Waals surface area contributed by atoms with E-state index in [1.165, 1.54) is 17.2 Å². The first kappa shape index (κ1) is 18.5. The van der Waals surface area contributed by atoms with Gasteiger partial charge in [-0.05, 0) is 79.9 Å². The van der Waals surface area contributed by atoms with E-state index in [9.17, 15) is 4.39 Å². The summed E-state index contributed by atoms with van der Waals surface area (Å²) >= 11 is 6.14. The van der Waals surface area contributed by atoms with Crippen LogP contribution in [-0.2, 0) is 12.0 Å². The first-order valence-corrected chi connectivity index (χ1v) is 10.2. The fourth-order valence-electron chi connectivity index (χ4n) is 4.63. The van der Waals surface area contributed by atoms with E-state index in [4.69, 9.17) is 16.3 Å². The minimum absolute atomic E-state index is 0.151. The number of rotatable bonds is 3. The highest BCUT2D eigenvalue weighted by atomic mass is 35.5. The number of nitrogens with zero attached hydrogens (tertiary/aromatic N) is 3. The Labute approximate surface area is 174 Å². The number of benzene rings is 2. The van der Waals surface area contributed by atoms with Gasteiger partial charge in [0.15, 0.2) is 0 Å². The molecule has 3 aliphatic rings. The Morgan fingerprint density at radius 3 is 2.59 bits per heavy atom. The van der Waals surface area contributed by atoms with Crippen molar-refractivity contribution >= 4 is 11.6 Å². The molecular weight excluding hydrogens is 389 g/mol. The molecule has 3 aromatic rings. The lowest BCUT2D eigenvalue weighted by atomic mass is 9.68. The Hall–Kier alpha value is -2.50. The monoisotopic (exact) mass is 409 g/mol. The molecule has 0 spiro atoms. The second-order valence-corrected chi connectivity index (χ2v) is 8.33. The van der Waals surface area contributed by atoms with Crippen LogP contribution in [0.3, 0.4) is 0 Å². The minimum atomic E-state index is -0.374. The van der Waals surface area contributed by atoms with E-state index < -0.39 is 0 Å². The number of fused-ring (bicyclic) bond motifs is 2. The highest BCUT2D eigenvalue weighted by Gasteiger charge is 2.42. The van der Waals surface area contributed by atoms with E-state index in [0.717, 1.165) is 49.5 Å². The average Bonchev–Trinajstić information content (AvgIpc) is 2.98. The molecule has 6 rings (SSSR count). The van der Waals surface area contributed by atoms with E-state index >= 15 is 0 Å². The zero-order valence-corrected chi connectivity index (χ0v) is 16.9. The highest BCUT2D eigenvalue weighted by molar-refractivity contribution is 6.30. The number of hydrogen-bond donors (Lipinski definition) is 0.